The Balaban J connectivity index is 1.24. The molecule has 6 rings (SSSR count). The van der Waals surface area contributed by atoms with Gasteiger partial charge in [-0.05, 0) is 49.8 Å². The van der Waals surface area contributed by atoms with E-state index in [0.29, 0.717) is 39.7 Å². The molecular weight excluding hydrogens is 557 g/mol. The van der Waals surface area contributed by atoms with Crippen LogP contribution in [0.2, 0.25) is 10.0 Å². The minimum absolute atomic E-state index is 0.0542. The lowest BCUT2D eigenvalue weighted by Crippen LogP contribution is -2.42. The van der Waals surface area contributed by atoms with Gasteiger partial charge < -0.3 is 18.9 Å². The Kier molecular flexibility index (Phi) is 7.55. The summed E-state index contributed by atoms with van der Waals surface area (Å²) in [4.78, 5) is 19.0. The van der Waals surface area contributed by atoms with Gasteiger partial charge in [-0.15, -0.1) is 0 Å². The van der Waals surface area contributed by atoms with E-state index in [2.05, 4.69) is 16.6 Å². The highest BCUT2D eigenvalue weighted by Gasteiger charge is 2.47. The molecule has 1 saturated heterocycles. The fourth-order valence-electron chi connectivity index (χ4n) is 5.69. The van der Waals surface area contributed by atoms with Crippen LogP contribution >= 0.6 is 34.5 Å². The van der Waals surface area contributed by atoms with Crippen LogP contribution in [-0.4, -0.2) is 41.9 Å². The number of allylic oxidation sites excluding steroid dienone is 1. The number of fused-ring (bicyclic) bond motifs is 2. The van der Waals surface area contributed by atoms with Crippen molar-refractivity contribution in [3.05, 3.63) is 62.1 Å². The third kappa shape index (κ3) is 5.27. The summed E-state index contributed by atoms with van der Waals surface area (Å²) < 4.78 is 18.2. The third-order valence-electron chi connectivity index (χ3n) is 7.71. The van der Waals surface area contributed by atoms with E-state index < -0.39 is 0 Å². The number of ether oxygens (including phenoxy) is 2. The number of carbonyl (C=O) groups excluding carboxylic acids is 1. The lowest BCUT2D eigenvalue weighted by molar-refractivity contribution is -0.139. The number of piperidine rings is 1. The number of anilines is 1. The first-order valence-corrected chi connectivity index (χ1v) is 14.7. The van der Waals surface area contributed by atoms with Crippen molar-refractivity contribution in [3.63, 3.8) is 0 Å². The molecule has 3 fully saturated rings. The van der Waals surface area contributed by atoms with Crippen LogP contribution in [-0.2, 0) is 20.9 Å². The van der Waals surface area contributed by atoms with Crippen molar-refractivity contribution in [2.24, 2.45) is 5.92 Å². The number of aromatic nitrogens is 2. The fourth-order valence-corrected chi connectivity index (χ4v) is 7.32. The van der Waals surface area contributed by atoms with Gasteiger partial charge in [0.25, 0.3) is 0 Å². The normalized spacial score (nSPS) is 23.2. The van der Waals surface area contributed by atoms with Gasteiger partial charge in [-0.1, -0.05) is 64.5 Å². The van der Waals surface area contributed by atoms with Crippen molar-refractivity contribution in [1.82, 2.24) is 10.1 Å². The molecule has 2 saturated carbocycles. The van der Waals surface area contributed by atoms with Crippen molar-refractivity contribution in [2.45, 2.75) is 56.8 Å². The zero-order chi connectivity index (χ0) is 27.1. The lowest BCUT2D eigenvalue weighted by Gasteiger charge is -2.33. The summed E-state index contributed by atoms with van der Waals surface area (Å²) in [5.41, 5.74) is 2.30. The monoisotopic (exact) mass is 585 g/mol. The van der Waals surface area contributed by atoms with Crippen LogP contribution in [0.5, 0.6) is 0 Å². The topological polar surface area (TPSA) is 77.7 Å². The molecule has 0 amide bonds. The Bertz CT molecular complexity index is 1510. The molecule has 2 aromatic heterocycles. The predicted octanol–water partition coefficient (Wildman–Crippen LogP) is 5.48. The largest absolute Gasteiger partial charge is 0.469 e. The molecule has 7 nitrogen and oxygen atoms in total. The highest BCUT2D eigenvalue weighted by atomic mass is 35.5. The van der Waals surface area contributed by atoms with Gasteiger partial charge in [0.15, 0.2) is 5.13 Å². The summed E-state index contributed by atoms with van der Waals surface area (Å²) in [6.07, 6.45) is 9.96. The zero-order valence-electron chi connectivity index (χ0n) is 21.6. The Morgan fingerprint density at radius 2 is 2.08 bits per heavy atom. The smallest absolute Gasteiger partial charge is 0.309 e. The van der Waals surface area contributed by atoms with E-state index in [4.69, 9.17) is 42.2 Å². The highest BCUT2D eigenvalue weighted by molar-refractivity contribution is 7.13. The predicted molar refractivity (Wildman–Crippen MR) is 153 cm³/mol. The minimum atomic E-state index is -0.278. The molecule has 1 aliphatic heterocycles. The van der Waals surface area contributed by atoms with Gasteiger partial charge in [0.1, 0.15) is 11.5 Å². The molecule has 1 aromatic carbocycles. The summed E-state index contributed by atoms with van der Waals surface area (Å²) in [6, 6.07) is 5.68. The maximum absolute atomic E-state index is 11.7. The number of halogens is 2. The van der Waals surface area contributed by atoms with Gasteiger partial charge in [0.05, 0.1) is 52.2 Å². The molecule has 204 valence electrons. The first-order chi connectivity index (χ1) is 19.0. The maximum Gasteiger partial charge on any atom is 0.309 e. The number of thiazole rings is 1. The van der Waals surface area contributed by atoms with E-state index in [-0.39, 0.29) is 24.5 Å². The van der Waals surface area contributed by atoms with Crippen molar-refractivity contribution in [1.29, 1.82) is 0 Å². The molecule has 0 spiro atoms. The summed E-state index contributed by atoms with van der Waals surface area (Å²) in [7, 11) is 1.39. The SMILES string of the molecule is C=C/C=c1/nc(N2CC3CC(OCc4c(-c5c(Cl)cccc5Cl)noc4C4CC4)C2C3)s/c1=C/CC(=O)OC. The molecule has 3 atom stereocenters. The van der Waals surface area contributed by atoms with E-state index in [0.717, 1.165) is 58.6 Å². The molecule has 2 aliphatic carbocycles. The summed E-state index contributed by atoms with van der Waals surface area (Å²) in [5, 5.41) is 7.24. The average Bonchev–Trinajstić information content (AvgIpc) is 3.24. The summed E-state index contributed by atoms with van der Waals surface area (Å²) in [5.74, 6) is 1.52. The van der Waals surface area contributed by atoms with Crippen LogP contribution < -0.4 is 14.8 Å². The van der Waals surface area contributed by atoms with Gasteiger partial charge in [-0.2, -0.15) is 0 Å². The Morgan fingerprint density at radius 3 is 2.77 bits per heavy atom. The van der Waals surface area contributed by atoms with Crippen LogP contribution in [0.4, 0.5) is 5.13 Å². The molecule has 10 heteroatoms. The second-order valence-corrected chi connectivity index (χ2v) is 12.1. The van der Waals surface area contributed by atoms with Gasteiger partial charge in [-0.25, -0.2) is 4.98 Å². The van der Waals surface area contributed by atoms with Gasteiger partial charge >= 0.3 is 5.97 Å². The molecule has 3 aliphatic rings. The number of esters is 1. The fraction of sp³-hybridized carbons (Fsp3) is 0.414. The van der Waals surface area contributed by atoms with Gasteiger partial charge in [0, 0.05) is 23.6 Å². The first-order valence-electron chi connectivity index (χ1n) is 13.1. The number of benzene rings is 1. The van der Waals surface area contributed by atoms with Crippen LogP contribution in [0.3, 0.4) is 0 Å². The number of methoxy groups -OCH3 is 1. The standard InChI is InChI=1S/C29H29Cl2N3O4S/c1-3-5-21-24(10-11-25(35)36-2)39-29(32-21)34-14-16-12-22(34)23(13-16)37-15-18-27(33-38-28(18)17-8-9-17)26-19(30)6-4-7-20(26)31/h3-7,10,16-17,22-23H,1,8-9,11-15H2,2H3/b21-5+,24-10+. The van der Waals surface area contributed by atoms with E-state index >= 15 is 0 Å². The van der Waals surface area contributed by atoms with Crippen molar-refractivity contribution in [2.75, 3.05) is 18.6 Å². The second kappa shape index (κ2) is 11.1. The molecule has 3 aromatic rings. The number of rotatable bonds is 9. The Labute approximate surface area is 240 Å². The molecular formula is C29H29Cl2N3O4S. The lowest BCUT2D eigenvalue weighted by atomic mass is 10.0. The van der Waals surface area contributed by atoms with Crippen molar-refractivity contribution < 1.29 is 18.8 Å². The maximum atomic E-state index is 11.7. The van der Waals surface area contributed by atoms with E-state index in [9.17, 15) is 4.79 Å². The van der Waals surface area contributed by atoms with Crippen molar-refractivity contribution in [3.8, 4) is 11.3 Å². The molecule has 39 heavy (non-hydrogen) atoms. The van der Waals surface area contributed by atoms with Gasteiger partial charge in [0.2, 0.25) is 0 Å². The average molecular weight is 587 g/mol. The molecule has 3 heterocycles. The third-order valence-corrected chi connectivity index (χ3v) is 9.44. The van der Waals surface area contributed by atoms with Crippen LogP contribution in [0.1, 0.15) is 49.3 Å². The second-order valence-electron chi connectivity index (χ2n) is 10.3. The van der Waals surface area contributed by atoms with Gasteiger partial charge in [-0.3, -0.25) is 4.79 Å². The Hall–Kier alpha value is -2.65. The Morgan fingerprint density at radius 1 is 1.28 bits per heavy atom. The number of hydrogen-bond acceptors (Lipinski definition) is 8. The van der Waals surface area contributed by atoms with E-state index in [1.165, 1.54) is 7.11 Å². The molecule has 3 unspecified atom stereocenters. The van der Waals surface area contributed by atoms with Crippen LogP contribution in [0, 0.1) is 5.92 Å². The zero-order valence-corrected chi connectivity index (χ0v) is 23.9. The summed E-state index contributed by atoms with van der Waals surface area (Å²) >= 11 is 14.7. The van der Waals surface area contributed by atoms with Crippen LogP contribution in [0.25, 0.3) is 23.4 Å². The minimum Gasteiger partial charge on any atom is -0.469 e. The van der Waals surface area contributed by atoms with E-state index in [1.807, 2.05) is 30.4 Å². The summed E-state index contributed by atoms with van der Waals surface area (Å²) in [6.45, 7) is 5.15. The quantitative estimate of drug-likeness (QED) is 0.308. The molecule has 2 bridgehead atoms. The molecule has 0 N–H and O–H groups in total. The number of nitrogens with zero attached hydrogens (tertiary/aromatic N) is 3. The molecule has 0 radical (unpaired) electrons. The highest BCUT2D eigenvalue weighted by Crippen LogP contribution is 2.47. The number of hydrogen-bond donors (Lipinski definition) is 0. The van der Waals surface area contributed by atoms with Crippen molar-refractivity contribution >= 4 is 57.8 Å². The number of carbonyl (C=O) groups is 1. The first kappa shape index (κ1) is 26.6. The van der Waals surface area contributed by atoms with Crippen LogP contribution in [0.15, 0.2) is 35.4 Å². The van der Waals surface area contributed by atoms with E-state index in [1.54, 1.807) is 17.4 Å².